The summed E-state index contributed by atoms with van der Waals surface area (Å²) in [6.45, 7) is 3.06. The highest BCUT2D eigenvalue weighted by Crippen LogP contribution is 2.40. The number of aliphatic hydroxyl groups is 1. The van der Waals surface area contributed by atoms with Crippen molar-refractivity contribution in [2.24, 2.45) is 0 Å². The van der Waals surface area contributed by atoms with Gasteiger partial charge in [0.15, 0.2) is 0 Å². The van der Waals surface area contributed by atoms with E-state index in [-0.39, 0.29) is 17.4 Å². The van der Waals surface area contributed by atoms with Crippen molar-refractivity contribution in [1.82, 2.24) is 4.90 Å². The molecule has 6 nitrogen and oxygen atoms in total. The van der Waals surface area contributed by atoms with Crippen LogP contribution in [0.5, 0.6) is 0 Å². The maximum atomic E-state index is 13.1. The number of ketones is 1. The minimum atomic E-state index is -0.652. The van der Waals surface area contributed by atoms with Gasteiger partial charge >= 0.3 is 0 Å². The van der Waals surface area contributed by atoms with Gasteiger partial charge in [-0.05, 0) is 42.5 Å². The van der Waals surface area contributed by atoms with Crippen LogP contribution in [0, 0.1) is 0 Å². The molecule has 2 aromatic rings. The van der Waals surface area contributed by atoms with Crippen LogP contribution in [-0.2, 0) is 20.7 Å². The zero-order chi connectivity index (χ0) is 22.8. The van der Waals surface area contributed by atoms with E-state index in [0.29, 0.717) is 18.7 Å². The van der Waals surface area contributed by atoms with Gasteiger partial charge in [0.2, 0.25) is 0 Å². The predicted molar refractivity (Wildman–Crippen MR) is 125 cm³/mol. The molecule has 1 N–H and O–H groups in total. The van der Waals surface area contributed by atoms with Gasteiger partial charge in [-0.25, -0.2) is 0 Å². The molecule has 0 bridgehead atoms. The summed E-state index contributed by atoms with van der Waals surface area (Å²) in [7, 11) is 3.91. The van der Waals surface area contributed by atoms with Crippen LogP contribution >= 0.6 is 0 Å². The van der Waals surface area contributed by atoms with Crippen LogP contribution in [0.2, 0.25) is 0 Å². The van der Waals surface area contributed by atoms with Crippen molar-refractivity contribution in [3.05, 3.63) is 70.8 Å². The van der Waals surface area contributed by atoms with Gasteiger partial charge < -0.3 is 19.6 Å². The quantitative estimate of drug-likeness (QED) is 0.424. The third kappa shape index (κ3) is 4.15. The largest absolute Gasteiger partial charge is 0.507 e. The molecule has 2 aromatic carbocycles. The van der Waals surface area contributed by atoms with Gasteiger partial charge in [0, 0.05) is 38.5 Å². The molecule has 4 rings (SSSR count). The number of benzene rings is 2. The van der Waals surface area contributed by atoms with Crippen molar-refractivity contribution in [2.75, 3.05) is 32.1 Å². The summed E-state index contributed by atoms with van der Waals surface area (Å²) in [6.07, 6.45) is 2.58. The molecule has 0 saturated carbocycles. The topological polar surface area (TPSA) is 70.1 Å². The Morgan fingerprint density at radius 1 is 1.09 bits per heavy atom. The minimum Gasteiger partial charge on any atom is -0.507 e. The lowest BCUT2D eigenvalue weighted by atomic mass is 9.94. The zero-order valence-electron chi connectivity index (χ0n) is 18.9. The van der Waals surface area contributed by atoms with Crippen molar-refractivity contribution in [2.45, 2.75) is 38.3 Å². The summed E-state index contributed by atoms with van der Waals surface area (Å²) in [5.41, 5.74) is 3.61. The predicted octanol–water partition coefficient (Wildman–Crippen LogP) is 3.92. The van der Waals surface area contributed by atoms with E-state index in [2.05, 4.69) is 6.92 Å². The molecule has 2 heterocycles. The highest BCUT2D eigenvalue weighted by atomic mass is 16.5. The third-order valence-electron chi connectivity index (χ3n) is 6.33. The number of rotatable bonds is 6. The molecule has 2 saturated heterocycles. The molecule has 2 unspecified atom stereocenters. The number of carbonyl (C=O) groups is 2. The fraction of sp³-hybridized carbons (Fsp3) is 0.385. The molecule has 0 aliphatic carbocycles. The van der Waals surface area contributed by atoms with Crippen LogP contribution in [0.25, 0.3) is 5.76 Å². The summed E-state index contributed by atoms with van der Waals surface area (Å²) in [4.78, 5) is 29.7. The summed E-state index contributed by atoms with van der Waals surface area (Å²) >= 11 is 0. The second-order valence-corrected chi connectivity index (χ2v) is 8.62. The Morgan fingerprint density at radius 3 is 2.34 bits per heavy atom. The first-order valence-corrected chi connectivity index (χ1v) is 11.2. The summed E-state index contributed by atoms with van der Waals surface area (Å²) in [5, 5.41) is 11.2. The zero-order valence-corrected chi connectivity index (χ0v) is 18.9. The van der Waals surface area contributed by atoms with Gasteiger partial charge in [0.05, 0.1) is 17.7 Å². The number of aryl methyl sites for hydroxylation is 1. The molecule has 6 heteroatoms. The van der Waals surface area contributed by atoms with E-state index in [1.54, 1.807) is 17.0 Å². The van der Waals surface area contributed by atoms with E-state index in [9.17, 15) is 14.7 Å². The van der Waals surface area contributed by atoms with Crippen molar-refractivity contribution >= 4 is 23.1 Å². The van der Waals surface area contributed by atoms with Gasteiger partial charge in [-0.3, -0.25) is 9.59 Å². The molecule has 2 fully saturated rings. The molecule has 2 aliphatic heterocycles. The first kappa shape index (κ1) is 22.1. The minimum absolute atomic E-state index is 0.0966. The van der Waals surface area contributed by atoms with Crippen LogP contribution < -0.4 is 4.90 Å². The van der Waals surface area contributed by atoms with Crippen molar-refractivity contribution in [1.29, 1.82) is 0 Å². The summed E-state index contributed by atoms with van der Waals surface area (Å²) < 4.78 is 5.75. The normalized spacial score (nSPS) is 22.5. The summed E-state index contributed by atoms with van der Waals surface area (Å²) in [6, 6.07) is 14.6. The molecule has 1 amide bonds. The number of hydrogen-bond acceptors (Lipinski definition) is 5. The maximum Gasteiger partial charge on any atom is 0.295 e. The number of anilines is 1. The fourth-order valence-corrected chi connectivity index (χ4v) is 4.43. The standard InChI is InChI=1S/C26H30N2O4/c1-4-17-7-9-19(10-8-17)24(29)22-23(18-11-13-20(14-12-18)27(2)3)28(26(31)25(22)30)16-21-6-5-15-32-21/h7-14,21,23,29H,4-6,15-16H2,1-3H3/b24-22-. The van der Waals surface area contributed by atoms with E-state index >= 15 is 0 Å². The van der Waals surface area contributed by atoms with Crippen LogP contribution in [-0.4, -0.2) is 55.0 Å². The molecule has 0 aromatic heterocycles. The number of Topliss-reactive ketones (excluding diaryl/α,β-unsaturated/α-hetero) is 1. The molecule has 0 spiro atoms. The van der Waals surface area contributed by atoms with E-state index in [0.717, 1.165) is 36.1 Å². The second kappa shape index (κ2) is 9.17. The molecular weight excluding hydrogens is 404 g/mol. The lowest BCUT2D eigenvalue weighted by Crippen LogP contribution is -2.36. The van der Waals surface area contributed by atoms with Crippen LogP contribution in [0.4, 0.5) is 5.69 Å². The monoisotopic (exact) mass is 434 g/mol. The molecular formula is C26H30N2O4. The van der Waals surface area contributed by atoms with Gasteiger partial charge in [-0.1, -0.05) is 43.3 Å². The second-order valence-electron chi connectivity index (χ2n) is 8.62. The summed E-state index contributed by atoms with van der Waals surface area (Å²) in [5.74, 6) is -1.38. The van der Waals surface area contributed by atoms with Gasteiger partial charge in [-0.2, -0.15) is 0 Å². The Labute approximate surface area is 189 Å². The first-order chi connectivity index (χ1) is 15.4. The lowest BCUT2D eigenvalue weighted by molar-refractivity contribution is -0.140. The SMILES string of the molecule is CCc1ccc(/C(O)=C2/C(=O)C(=O)N(CC3CCCO3)C2c2ccc(N(C)C)cc2)cc1. The number of aliphatic hydroxyl groups excluding tert-OH is 1. The number of likely N-dealkylation sites (tertiary alicyclic amines) is 1. The molecule has 2 atom stereocenters. The Hall–Kier alpha value is -3.12. The first-order valence-electron chi connectivity index (χ1n) is 11.2. The van der Waals surface area contributed by atoms with Crippen molar-refractivity contribution in [3.8, 4) is 0 Å². The Morgan fingerprint density at radius 2 is 1.78 bits per heavy atom. The molecule has 0 radical (unpaired) electrons. The van der Waals surface area contributed by atoms with Crippen molar-refractivity contribution in [3.63, 3.8) is 0 Å². The van der Waals surface area contributed by atoms with Crippen LogP contribution in [0.1, 0.15) is 42.5 Å². The third-order valence-corrected chi connectivity index (χ3v) is 6.33. The number of hydrogen-bond donors (Lipinski definition) is 1. The molecule has 168 valence electrons. The average molecular weight is 435 g/mol. The van der Waals surface area contributed by atoms with E-state index < -0.39 is 17.7 Å². The van der Waals surface area contributed by atoms with E-state index in [1.807, 2.05) is 55.4 Å². The van der Waals surface area contributed by atoms with E-state index in [1.165, 1.54) is 0 Å². The number of nitrogens with zero attached hydrogens (tertiary/aromatic N) is 2. The maximum absolute atomic E-state index is 13.1. The van der Waals surface area contributed by atoms with Crippen LogP contribution in [0.3, 0.4) is 0 Å². The Balaban J connectivity index is 1.79. The highest BCUT2D eigenvalue weighted by molar-refractivity contribution is 6.46. The average Bonchev–Trinajstić information content (AvgIpc) is 3.41. The molecule has 32 heavy (non-hydrogen) atoms. The fourth-order valence-electron chi connectivity index (χ4n) is 4.43. The Bertz CT molecular complexity index is 1020. The van der Waals surface area contributed by atoms with Crippen molar-refractivity contribution < 1.29 is 19.4 Å². The number of amides is 1. The number of ether oxygens (including phenoxy) is 1. The van der Waals surface area contributed by atoms with E-state index in [4.69, 9.17) is 4.74 Å². The van der Waals surface area contributed by atoms with Crippen LogP contribution in [0.15, 0.2) is 54.1 Å². The van der Waals surface area contributed by atoms with Gasteiger partial charge in [0.1, 0.15) is 5.76 Å². The Kier molecular flexibility index (Phi) is 6.33. The smallest absolute Gasteiger partial charge is 0.295 e. The lowest BCUT2D eigenvalue weighted by Gasteiger charge is -2.28. The highest BCUT2D eigenvalue weighted by Gasteiger charge is 2.47. The number of carbonyl (C=O) groups excluding carboxylic acids is 2. The molecule has 2 aliphatic rings. The van der Waals surface area contributed by atoms with Gasteiger partial charge in [-0.15, -0.1) is 0 Å². The van der Waals surface area contributed by atoms with Gasteiger partial charge in [0.25, 0.3) is 11.7 Å².